The van der Waals surface area contributed by atoms with Crippen LogP contribution in [0.4, 0.5) is 0 Å². The second-order valence-electron chi connectivity index (χ2n) is 6.29. The van der Waals surface area contributed by atoms with E-state index in [1.165, 1.54) is 11.1 Å². The van der Waals surface area contributed by atoms with Gasteiger partial charge in [-0.1, -0.05) is 38.1 Å². The Morgan fingerprint density at radius 3 is 2.42 bits per heavy atom. The Morgan fingerprint density at radius 1 is 1.32 bits per heavy atom. The van der Waals surface area contributed by atoms with Gasteiger partial charge in [-0.3, -0.25) is 4.79 Å². The number of hydrogen-bond donors (Lipinski definition) is 2. The molecule has 3 N–H and O–H groups in total. The lowest BCUT2D eigenvalue weighted by Gasteiger charge is -2.25. The van der Waals surface area contributed by atoms with Crippen molar-refractivity contribution in [2.75, 3.05) is 13.1 Å². The van der Waals surface area contributed by atoms with Gasteiger partial charge in [-0.2, -0.15) is 0 Å². The lowest BCUT2D eigenvalue weighted by atomic mass is 9.89. The van der Waals surface area contributed by atoms with Crippen molar-refractivity contribution in [3.8, 4) is 0 Å². The molecular weight excluding hydrogens is 236 g/mol. The van der Waals surface area contributed by atoms with E-state index in [0.29, 0.717) is 13.1 Å². The summed E-state index contributed by atoms with van der Waals surface area (Å²) in [6.07, 6.45) is 2.68. The van der Waals surface area contributed by atoms with Gasteiger partial charge in [0.2, 0.25) is 5.91 Å². The monoisotopic (exact) mass is 260 g/mol. The quantitative estimate of drug-likeness (QED) is 0.849. The fourth-order valence-electron chi connectivity index (χ4n) is 2.69. The minimum Gasteiger partial charge on any atom is -0.355 e. The molecule has 0 heterocycles. The summed E-state index contributed by atoms with van der Waals surface area (Å²) >= 11 is 0. The first-order chi connectivity index (χ1) is 9.02. The van der Waals surface area contributed by atoms with E-state index < -0.39 is 0 Å². The van der Waals surface area contributed by atoms with Gasteiger partial charge in [0, 0.05) is 12.5 Å². The molecule has 3 heteroatoms. The summed E-state index contributed by atoms with van der Waals surface area (Å²) in [6, 6.07) is 8.34. The number of carbonyl (C=O) groups excluding carboxylic acids is 1. The standard InChI is InChI=1S/C16H24N2O/c1-16(2,7-8-17)11-18-15(19)14-9-12-5-3-4-6-13(12)10-14/h3-6,14H,7-11,17H2,1-2H3,(H,18,19). The maximum atomic E-state index is 12.2. The fourth-order valence-corrected chi connectivity index (χ4v) is 2.69. The minimum atomic E-state index is 0.0792. The zero-order chi connectivity index (χ0) is 13.9. The van der Waals surface area contributed by atoms with E-state index in [1.807, 2.05) is 12.1 Å². The molecule has 0 fully saturated rings. The summed E-state index contributed by atoms with van der Waals surface area (Å²) < 4.78 is 0. The lowest BCUT2D eigenvalue weighted by Crippen LogP contribution is -2.38. The van der Waals surface area contributed by atoms with Crippen LogP contribution in [0.1, 0.15) is 31.4 Å². The van der Waals surface area contributed by atoms with Crippen molar-refractivity contribution in [2.24, 2.45) is 17.1 Å². The fraction of sp³-hybridized carbons (Fsp3) is 0.562. The number of hydrogen-bond acceptors (Lipinski definition) is 2. The normalized spacial score (nSPS) is 15.3. The van der Waals surface area contributed by atoms with E-state index >= 15 is 0 Å². The van der Waals surface area contributed by atoms with Crippen molar-refractivity contribution in [1.82, 2.24) is 5.32 Å². The highest BCUT2D eigenvalue weighted by Gasteiger charge is 2.28. The topological polar surface area (TPSA) is 55.1 Å². The predicted molar refractivity (Wildman–Crippen MR) is 77.8 cm³/mol. The van der Waals surface area contributed by atoms with Crippen molar-refractivity contribution in [2.45, 2.75) is 33.1 Å². The van der Waals surface area contributed by atoms with Crippen molar-refractivity contribution >= 4 is 5.91 Å². The second kappa shape index (κ2) is 5.74. The first-order valence-electron chi connectivity index (χ1n) is 7.06. The van der Waals surface area contributed by atoms with E-state index in [1.54, 1.807) is 0 Å². The Morgan fingerprint density at radius 2 is 1.89 bits per heavy atom. The number of nitrogens with two attached hydrogens (primary N) is 1. The number of amides is 1. The number of fused-ring (bicyclic) bond motifs is 1. The Bertz CT molecular complexity index is 429. The molecular formula is C16H24N2O. The summed E-state index contributed by atoms with van der Waals surface area (Å²) in [7, 11) is 0. The molecule has 0 spiro atoms. The SMILES string of the molecule is CC(C)(CCN)CNC(=O)C1Cc2ccccc2C1. The van der Waals surface area contributed by atoms with E-state index in [4.69, 9.17) is 5.73 Å². The second-order valence-corrected chi connectivity index (χ2v) is 6.29. The first kappa shape index (κ1) is 14.1. The van der Waals surface area contributed by atoms with Gasteiger partial charge in [-0.25, -0.2) is 0 Å². The maximum absolute atomic E-state index is 12.2. The number of benzene rings is 1. The highest BCUT2D eigenvalue weighted by Crippen LogP contribution is 2.27. The minimum absolute atomic E-state index is 0.0792. The van der Waals surface area contributed by atoms with Crippen LogP contribution in [0.25, 0.3) is 0 Å². The van der Waals surface area contributed by atoms with Crippen LogP contribution in [0.15, 0.2) is 24.3 Å². The molecule has 1 aromatic rings. The first-order valence-corrected chi connectivity index (χ1v) is 7.06. The molecule has 19 heavy (non-hydrogen) atoms. The van der Waals surface area contributed by atoms with Crippen LogP contribution < -0.4 is 11.1 Å². The molecule has 0 bridgehead atoms. The molecule has 0 atom stereocenters. The van der Waals surface area contributed by atoms with E-state index in [2.05, 4.69) is 31.3 Å². The van der Waals surface area contributed by atoms with Gasteiger partial charge in [-0.05, 0) is 42.3 Å². The molecule has 2 rings (SSSR count). The molecule has 1 aliphatic carbocycles. The van der Waals surface area contributed by atoms with Crippen LogP contribution in [0.5, 0.6) is 0 Å². The molecule has 1 aromatic carbocycles. The lowest BCUT2D eigenvalue weighted by molar-refractivity contribution is -0.125. The Balaban J connectivity index is 1.86. The van der Waals surface area contributed by atoms with Gasteiger partial charge in [0.1, 0.15) is 0 Å². The van der Waals surface area contributed by atoms with Crippen LogP contribution in [0.2, 0.25) is 0 Å². The Labute approximate surface area is 115 Å². The summed E-state index contributed by atoms with van der Waals surface area (Å²) in [4.78, 5) is 12.2. The molecule has 1 aliphatic rings. The summed E-state index contributed by atoms with van der Waals surface area (Å²) in [6.45, 7) is 5.65. The van der Waals surface area contributed by atoms with Gasteiger partial charge < -0.3 is 11.1 Å². The number of nitrogens with one attached hydrogen (secondary N) is 1. The third kappa shape index (κ3) is 3.57. The van der Waals surface area contributed by atoms with Gasteiger partial charge in [0.15, 0.2) is 0 Å². The molecule has 0 saturated heterocycles. The van der Waals surface area contributed by atoms with Crippen molar-refractivity contribution < 1.29 is 4.79 Å². The molecule has 3 nitrogen and oxygen atoms in total. The summed E-state index contributed by atoms with van der Waals surface area (Å²) in [5.74, 6) is 0.285. The van der Waals surface area contributed by atoms with Crippen LogP contribution in [0, 0.1) is 11.3 Å². The van der Waals surface area contributed by atoms with Crippen LogP contribution in [-0.2, 0) is 17.6 Å². The zero-order valence-corrected chi connectivity index (χ0v) is 11.9. The molecule has 0 aromatic heterocycles. The third-order valence-electron chi connectivity index (χ3n) is 3.98. The third-order valence-corrected chi connectivity index (χ3v) is 3.98. The smallest absolute Gasteiger partial charge is 0.223 e. The van der Waals surface area contributed by atoms with Gasteiger partial charge in [0.05, 0.1) is 0 Å². The Hall–Kier alpha value is -1.35. The van der Waals surface area contributed by atoms with E-state index in [0.717, 1.165) is 19.3 Å². The van der Waals surface area contributed by atoms with Gasteiger partial charge in [0.25, 0.3) is 0 Å². The summed E-state index contributed by atoms with van der Waals surface area (Å²) in [5.41, 5.74) is 8.31. The number of rotatable bonds is 5. The highest BCUT2D eigenvalue weighted by molar-refractivity contribution is 5.80. The van der Waals surface area contributed by atoms with Crippen molar-refractivity contribution in [3.05, 3.63) is 35.4 Å². The van der Waals surface area contributed by atoms with Gasteiger partial charge >= 0.3 is 0 Å². The molecule has 0 saturated carbocycles. The molecule has 1 amide bonds. The molecule has 0 aliphatic heterocycles. The van der Waals surface area contributed by atoms with E-state index in [9.17, 15) is 4.79 Å². The van der Waals surface area contributed by atoms with Gasteiger partial charge in [-0.15, -0.1) is 0 Å². The average molecular weight is 260 g/mol. The average Bonchev–Trinajstić information content (AvgIpc) is 2.79. The van der Waals surface area contributed by atoms with Crippen molar-refractivity contribution in [3.63, 3.8) is 0 Å². The molecule has 0 radical (unpaired) electrons. The maximum Gasteiger partial charge on any atom is 0.223 e. The largest absolute Gasteiger partial charge is 0.355 e. The van der Waals surface area contributed by atoms with Crippen LogP contribution in [0.3, 0.4) is 0 Å². The van der Waals surface area contributed by atoms with Crippen molar-refractivity contribution in [1.29, 1.82) is 0 Å². The Kier molecular flexibility index (Phi) is 4.25. The number of carbonyl (C=O) groups is 1. The van der Waals surface area contributed by atoms with Crippen LogP contribution >= 0.6 is 0 Å². The predicted octanol–water partition coefficient (Wildman–Crippen LogP) is 1.89. The van der Waals surface area contributed by atoms with Crippen LogP contribution in [-0.4, -0.2) is 19.0 Å². The summed E-state index contributed by atoms with van der Waals surface area (Å²) in [5, 5.41) is 3.09. The highest BCUT2D eigenvalue weighted by atomic mass is 16.1. The zero-order valence-electron chi connectivity index (χ0n) is 11.9. The molecule has 0 unspecified atom stereocenters. The van der Waals surface area contributed by atoms with E-state index in [-0.39, 0.29) is 17.2 Å². The molecule has 104 valence electrons.